The van der Waals surface area contributed by atoms with Gasteiger partial charge < -0.3 is 4.42 Å². The van der Waals surface area contributed by atoms with Crippen molar-refractivity contribution in [3.05, 3.63) is 45.8 Å². The summed E-state index contributed by atoms with van der Waals surface area (Å²) < 4.78 is 5.28. The van der Waals surface area contributed by atoms with Crippen LogP contribution < -0.4 is 5.63 Å². The van der Waals surface area contributed by atoms with Crippen LogP contribution in [0.3, 0.4) is 0 Å². The van der Waals surface area contributed by atoms with Gasteiger partial charge in [0.25, 0.3) is 0 Å². The van der Waals surface area contributed by atoms with E-state index in [9.17, 15) is 4.79 Å². The molecule has 90 valence electrons. The zero-order valence-electron chi connectivity index (χ0n) is 10.5. The highest BCUT2D eigenvalue weighted by Crippen LogP contribution is 2.21. The Morgan fingerprint density at radius 2 is 1.94 bits per heavy atom. The van der Waals surface area contributed by atoms with Gasteiger partial charge in [0.05, 0.1) is 0 Å². The van der Waals surface area contributed by atoms with Gasteiger partial charge in [-0.3, -0.25) is 0 Å². The molecule has 2 heteroatoms. The van der Waals surface area contributed by atoms with E-state index in [2.05, 4.69) is 6.92 Å². The fraction of sp³-hybridized carbons (Fsp3) is 0.400. The number of aryl methyl sites for hydroxylation is 1. The highest BCUT2D eigenvalue weighted by Gasteiger charge is 2.09. The summed E-state index contributed by atoms with van der Waals surface area (Å²) in [6.07, 6.45) is 4.49. The largest absolute Gasteiger partial charge is 0.423 e. The highest BCUT2D eigenvalue weighted by atomic mass is 16.4. The third kappa shape index (κ3) is 2.41. The molecule has 0 saturated heterocycles. The van der Waals surface area contributed by atoms with E-state index in [1.54, 1.807) is 0 Å². The summed E-state index contributed by atoms with van der Waals surface area (Å²) in [5, 5.41) is 1.08. The molecule has 0 aliphatic heterocycles. The molecular weight excluding hydrogens is 212 g/mol. The first-order valence-electron chi connectivity index (χ1n) is 6.25. The van der Waals surface area contributed by atoms with Crippen molar-refractivity contribution in [1.29, 1.82) is 0 Å². The number of hydrogen-bond acceptors (Lipinski definition) is 2. The van der Waals surface area contributed by atoms with Crippen molar-refractivity contribution in [2.75, 3.05) is 0 Å². The van der Waals surface area contributed by atoms with Crippen molar-refractivity contribution >= 4 is 11.0 Å². The van der Waals surface area contributed by atoms with Crippen molar-refractivity contribution in [1.82, 2.24) is 0 Å². The second-order valence-corrected chi connectivity index (χ2v) is 4.45. The van der Waals surface area contributed by atoms with Crippen LogP contribution in [-0.4, -0.2) is 0 Å². The molecule has 0 atom stereocenters. The highest BCUT2D eigenvalue weighted by molar-refractivity contribution is 5.81. The molecule has 1 aromatic carbocycles. The third-order valence-electron chi connectivity index (χ3n) is 3.20. The van der Waals surface area contributed by atoms with E-state index in [4.69, 9.17) is 4.42 Å². The number of para-hydroxylation sites is 1. The molecule has 2 rings (SSSR count). The Hall–Kier alpha value is -1.57. The van der Waals surface area contributed by atoms with E-state index in [-0.39, 0.29) is 5.63 Å². The van der Waals surface area contributed by atoms with Crippen LogP contribution in [0.15, 0.2) is 33.5 Å². The molecule has 17 heavy (non-hydrogen) atoms. The van der Waals surface area contributed by atoms with E-state index in [1.165, 1.54) is 12.8 Å². The molecule has 2 aromatic rings. The quantitative estimate of drug-likeness (QED) is 0.590. The maximum atomic E-state index is 11.7. The summed E-state index contributed by atoms with van der Waals surface area (Å²) in [5.74, 6) is 0. The Balaban J connectivity index is 2.50. The topological polar surface area (TPSA) is 30.2 Å². The summed E-state index contributed by atoms with van der Waals surface area (Å²) in [5.41, 5.74) is 2.43. The van der Waals surface area contributed by atoms with Crippen LogP contribution in [0.2, 0.25) is 0 Å². The lowest BCUT2D eigenvalue weighted by atomic mass is 9.99. The molecule has 0 unspecified atom stereocenters. The maximum absolute atomic E-state index is 11.7. The molecule has 2 nitrogen and oxygen atoms in total. The Labute approximate surface area is 101 Å². The molecule has 0 aliphatic carbocycles. The van der Waals surface area contributed by atoms with Crippen LogP contribution in [0.4, 0.5) is 0 Å². The van der Waals surface area contributed by atoms with E-state index in [0.717, 1.165) is 29.4 Å². The van der Waals surface area contributed by atoms with E-state index in [0.29, 0.717) is 5.58 Å². The van der Waals surface area contributed by atoms with Crippen LogP contribution in [-0.2, 0) is 6.42 Å². The molecule has 0 bridgehead atoms. The van der Waals surface area contributed by atoms with Crippen LogP contribution in [0, 0.1) is 6.92 Å². The van der Waals surface area contributed by atoms with Crippen LogP contribution in [0.1, 0.15) is 37.3 Å². The maximum Gasteiger partial charge on any atom is 0.339 e. The number of rotatable bonds is 4. The van der Waals surface area contributed by atoms with Crippen molar-refractivity contribution in [3.8, 4) is 0 Å². The van der Waals surface area contributed by atoms with Crippen molar-refractivity contribution in [3.63, 3.8) is 0 Å². The van der Waals surface area contributed by atoms with Crippen molar-refractivity contribution in [2.45, 2.75) is 39.5 Å². The number of benzene rings is 1. The Kier molecular flexibility index (Phi) is 3.62. The van der Waals surface area contributed by atoms with E-state index >= 15 is 0 Å². The van der Waals surface area contributed by atoms with Gasteiger partial charge in [-0.25, -0.2) is 4.79 Å². The molecule has 0 saturated carbocycles. The fourth-order valence-electron chi connectivity index (χ4n) is 2.18. The summed E-state index contributed by atoms with van der Waals surface area (Å²) >= 11 is 0. The van der Waals surface area contributed by atoms with Gasteiger partial charge in [-0.15, -0.1) is 0 Å². The lowest BCUT2D eigenvalue weighted by Gasteiger charge is -2.08. The average molecular weight is 230 g/mol. The van der Waals surface area contributed by atoms with Gasteiger partial charge in [0.1, 0.15) is 5.58 Å². The van der Waals surface area contributed by atoms with Crippen LogP contribution in [0.25, 0.3) is 11.0 Å². The summed E-state index contributed by atoms with van der Waals surface area (Å²) in [6, 6.07) is 7.79. The summed E-state index contributed by atoms with van der Waals surface area (Å²) in [7, 11) is 0. The molecule has 1 aromatic heterocycles. The van der Waals surface area contributed by atoms with Crippen molar-refractivity contribution < 1.29 is 4.42 Å². The lowest BCUT2D eigenvalue weighted by Crippen LogP contribution is -2.08. The minimum atomic E-state index is -0.199. The van der Waals surface area contributed by atoms with Crippen LogP contribution >= 0.6 is 0 Å². The minimum Gasteiger partial charge on any atom is -0.423 e. The zero-order valence-corrected chi connectivity index (χ0v) is 10.5. The van der Waals surface area contributed by atoms with Gasteiger partial charge >= 0.3 is 5.63 Å². The zero-order chi connectivity index (χ0) is 12.3. The van der Waals surface area contributed by atoms with Gasteiger partial charge in [0.2, 0.25) is 0 Å². The monoisotopic (exact) mass is 230 g/mol. The van der Waals surface area contributed by atoms with Gasteiger partial charge in [0.15, 0.2) is 0 Å². The molecule has 0 aliphatic rings. The predicted octanol–water partition coefficient (Wildman–Crippen LogP) is 3.83. The normalized spacial score (nSPS) is 10.9. The smallest absolute Gasteiger partial charge is 0.339 e. The van der Waals surface area contributed by atoms with Gasteiger partial charge in [-0.2, -0.15) is 0 Å². The van der Waals surface area contributed by atoms with Gasteiger partial charge in [0, 0.05) is 10.9 Å². The van der Waals surface area contributed by atoms with Gasteiger partial charge in [-0.1, -0.05) is 38.0 Å². The second-order valence-electron chi connectivity index (χ2n) is 4.45. The van der Waals surface area contributed by atoms with Crippen molar-refractivity contribution in [2.24, 2.45) is 0 Å². The molecule has 0 N–H and O–H groups in total. The fourth-order valence-corrected chi connectivity index (χ4v) is 2.18. The molecule has 0 amide bonds. The molecule has 0 fully saturated rings. The standard InChI is InChI=1S/C15H18O2/c1-3-4-5-8-12-11(2)15(16)17-14-10-7-6-9-13(12)14/h6-7,9-10H,3-5,8H2,1-2H3. The molecule has 1 heterocycles. The predicted molar refractivity (Wildman–Crippen MR) is 70.5 cm³/mol. The molecule has 0 spiro atoms. The Bertz CT molecular complexity index is 567. The average Bonchev–Trinajstić information content (AvgIpc) is 2.34. The van der Waals surface area contributed by atoms with Gasteiger partial charge in [-0.05, 0) is 31.4 Å². The second kappa shape index (κ2) is 5.17. The Morgan fingerprint density at radius 1 is 1.18 bits per heavy atom. The SMILES string of the molecule is CCCCCc1c(C)c(=O)oc2ccccc12. The summed E-state index contributed by atoms with van der Waals surface area (Å²) in [4.78, 5) is 11.7. The van der Waals surface area contributed by atoms with Crippen LogP contribution in [0.5, 0.6) is 0 Å². The Morgan fingerprint density at radius 3 is 2.71 bits per heavy atom. The first-order valence-corrected chi connectivity index (χ1v) is 6.25. The first kappa shape index (κ1) is 11.9. The molecule has 0 radical (unpaired) electrons. The first-order chi connectivity index (χ1) is 8.24. The number of hydrogen-bond donors (Lipinski definition) is 0. The number of fused-ring (bicyclic) bond motifs is 1. The van der Waals surface area contributed by atoms with E-state index in [1.807, 2.05) is 31.2 Å². The minimum absolute atomic E-state index is 0.199. The summed E-state index contributed by atoms with van der Waals surface area (Å²) in [6.45, 7) is 4.05. The number of unbranched alkanes of at least 4 members (excludes halogenated alkanes) is 2. The molecular formula is C15H18O2. The lowest BCUT2D eigenvalue weighted by molar-refractivity contribution is 0.551. The van der Waals surface area contributed by atoms with E-state index < -0.39 is 0 Å². The third-order valence-corrected chi connectivity index (χ3v) is 3.20.